The molecular weight excluding hydrogens is 264 g/mol. The fourth-order valence-corrected chi connectivity index (χ4v) is 2.40. The Balaban J connectivity index is 2.55. The molecule has 1 aromatic rings. The van der Waals surface area contributed by atoms with Gasteiger partial charge < -0.3 is 15.0 Å². The summed E-state index contributed by atoms with van der Waals surface area (Å²) in [5.74, 6) is -0.175. The van der Waals surface area contributed by atoms with Crippen LogP contribution in [0.3, 0.4) is 0 Å². The minimum Gasteiger partial charge on any atom is -0.465 e. The Morgan fingerprint density at radius 2 is 2.05 bits per heavy atom. The lowest BCUT2D eigenvalue weighted by atomic mass is 9.96. The zero-order valence-electron chi connectivity index (χ0n) is 13.9. The van der Waals surface area contributed by atoms with Gasteiger partial charge in [-0.05, 0) is 52.3 Å². The van der Waals surface area contributed by atoms with E-state index in [-0.39, 0.29) is 5.97 Å². The number of hydrogen-bond donors (Lipinski definition) is 1. The van der Waals surface area contributed by atoms with Crippen LogP contribution in [0, 0.1) is 6.92 Å². The quantitative estimate of drug-likeness (QED) is 0.748. The van der Waals surface area contributed by atoms with Crippen LogP contribution in [0.1, 0.15) is 32.3 Å². The predicted molar refractivity (Wildman–Crippen MR) is 87.8 cm³/mol. The van der Waals surface area contributed by atoms with Gasteiger partial charge in [-0.15, -0.1) is 0 Å². The number of para-hydroxylation sites is 1. The van der Waals surface area contributed by atoms with Gasteiger partial charge in [-0.1, -0.05) is 18.2 Å². The molecule has 1 aromatic carbocycles. The Morgan fingerprint density at radius 1 is 1.38 bits per heavy atom. The van der Waals surface area contributed by atoms with E-state index in [0.29, 0.717) is 6.61 Å². The summed E-state index contributed by atoms with van der Waals surface area (Å²) in [5, 5.41) is 3.09. The van der Waals surface area contributed by atoms with Gasteiger partial charge in [0.15, 0.2) is 0 Å². The lowest BCUT2D eigenvalue weighted by Gasteiger charge is -2.28. The van der Waals surface area contributed by atoms with Crippen molar-refractivity contribution in [1.29, 1.82) is 0 Å². The van der Waals surface area contributed by atoms with E-state index in [0.717, 1.165) is 19.4 Å². The molecule has 1 atom stereocenters. The fourth-order valence-electron chi connectivity index (χ4n) is 2.40. The van der Waals surface area contributed by atoms with Crippen molar-refractivity contribution < 1.29 is 9.53 Å². The molecule has 1 N–H and O–H groups in total. The lowest BCUT2D eigenvalue weighted by molar-refractivity contribution is -0.150. The average Bonchev–Trinajstić information content (AvgIpc) is 2.47. The van der Waals surface area contributed by atoms with Crippen molar-refractivity contribution in [3.05, 3.63) is 29.8 Å². The third kappa shape index (κ3) is 4.74. The number of benzene rings is 1. The molecule has 21 heavy (non-hydrogen) atoms. The number of ether oxygens (including phenoxy) is 1. The Hall–Kier alpha value is -1.55. The molecule has 118 valence electrons. The summed E-state index contributed by atoms with van der Waals surface area (Å²) in [4.78, 5) is 14.2. The molecule has 0 saturated carbocycles. The third-order valence-corrected chi connectivity index (χ3v) is 3.97. The van der Waals surface area contributed by atoms with E-state index in [2.05, 4.69) is 42.4 Å². The molecule has 0 bridgehead atoms. The van der Waals surface area contributed by atoms with Gasteiger partial charge in [0.1, 0.15) is 5.54 Å². The summed E-state index contributed by atoms with van der Waals surface area (Å²) in [7, 11) is 3.89. The molecule has 0 spiro atoms. The molecule has 0 heterocycles. The molecule has 0 amide bonds. The highest BCUT2D eigenvalue weighted by atomic mass is 16.5. The first-order valence-electron chi connectivity index (χ1n) is 7.57. The highest BCUT2D eigenvalue weighted by Gasteiger charge is 2.32. The fraction of sp³-hybridized carbons (Fsp3) is 0.588. The first-order chi connectivity index (χ1) is 9.94. The van der Waals surface area contributed by atoms with E-state index < -0.39 is 5.54 Å². The van der Waals surface area contributed by atoms with E-state index in [4.69, 9.17) is 4.74 Å². The van der Waals surface area contributed by atoms with E-state index >= 15 is 0 Å². The zero-order chi connectivity index (χ0) is 15.9. The first kappa shape index (κ1) is 17.5. The number of carbonyl (C=O) groups is 1. The molecule has 0 aliphatic rings. The number of aryl methyl sites for hydroxylation is 1. The molecule has 1 rings (SSSR count). The summed E-state index contributed by atoms with van der Waals surface area (Å²) in [5.41, 5.74) is 1.89. The Labute approximate surface area is 128 Å². The van der Waals surface area contributed by atoms with Gasteiger partial charge in [-0.25, -0.2) is 0 Å². The number of anilines is 1. The standard InChI is InChI=1S/C17H28N2O2/c1-6-21-16(20)17(3,18-4)12-9-13-19(5)15-11-8-7-10-14(15)2/h7-8,10-11,18H,6,9,12-13H2,1-5H3. The van der Waals surface area contributed by atoms with E-state index in [1.165, 1.54) is 11.3 Å². The molecule has 0 radical (unpaired) electrons. The molecule has 4 nitrogen and oxygen atoms in total. The maximum Gasteiger partial charge on any atom is 0.326 e. The van der Waals surface area contributed by atoms with E-state index in [1.54, 1.807) is 0 Å². The molecule has 1 unspecified atom stereocenters. The van der Waals surface area contributed by atoms with Gasteiger partial charge in [-0.3, -0.25) is 4.79 Å². The second kappa shape index (κ2) is 8.03. The number of carbonyl (C=O) groups excluding carboxylic acids is 1. The summed E-state index contributed by atoms with van der Waals surface area (Å²) >= 11 is 0. The number of rotatable bonds is 8. The highest BCUT2D eigenvalue weighted by molar-refractivity contribution is 5.80. The maximum absolute atomic E-state index is 12.0. The van der Waals surface area contributed by atoms with Crippen molar-refractivity contribution in [3.8, 4) is 0 Å². The second-order valence-electron chi connectivity index (χ2n) is 5.61. The van der Waals surface area contributed by atoms with Gasteiger partial charge >= 0.3 is 5.97 Å². The van der Waals surface area contributed by atoms with Gasteiger partial charge in [0.2, 0.25) is 0 Å². The molecule has 0 aliphatic carbocycles. The van der Waals surface area contributed by atoms with Crippen LogP contribution in [0.5, 0.6) is 0 Å². The van der Waals surface area contributed by atoms with Gasteiger partial charge in [-0.2, -0.15) is 0 Å². The van der Waals surface area contributed by atoms with Crippen LogP contribution >= 0.6 is 0 Å². The summed E-state index contributed by atoms with van der Waals surface area (Å²) in [6.45, 7) is 7.17. The molecule has 0 aliphatic heterocycles. The van der Waals surface area contributed by atoms with E-state index in [9.17, 15) is 4.79 Å². The van der Waals surface area contributed by atoms with Crippen molar-refractivity contribution >= 4 is 11.7 Å². The topological polar surface area (TPSA) is 41.6 Å². The van der Waals surface area contributed by atoms with Crippen molar-refractivity contribution in [1.82, 2.24) is 5.32 Å². The molecular formula is C17H28N2O2. The van der Waals surface area contributed by atoms with Crippen molar-refractivity contribution in [2.24, 2.45) is 0 Å². The number of nitrogens with one attached hydrogen (secondary N) is 1. The van der Waals surface area contributed by atoms with Crippen LogP contribution in [0.15, 0.2) is 24.3 Å². The SMILES string of the molecule is CCOC(=O)C(C)(CCCN(C)c1ccccc1C)NC. The minimum atomic E-state index is -0.609. The lowest BCUT2D eigenvalue weighted by Crippen LogP contribution is -2.49. The van der Waals surface area contributed by atoms with Crippen molar-refractivity contribution in [2.45, 2.75) is 39.2 Å². The predicted octanol–water partition coefficient (Wildman–Crippen LogP) is 2.75. The highest BCUT2D eigenvalue weighted by Crippen LogP contribution is 2.20. The van der Waals surface area contributed by atoms with Gasteiger partial charge in [0, 0.05) is 19.3 Å². The van der Waals surface area contributed by atoms with Gasteiger partial charge in [0.25, 0.3) is 0 Å². The molecule has 0 saturated heterocycles. The molecule has 0 fully saturated rings. The number of esters is 1. The number of nitrogens with zero attached hydrogens (tertiary/aromatic N) is 1. The third-order valence-electron chi connectivity index (χ3n) is 3.97. The van der Waals surface area contributed by atoms with Crippen LogP contribution in [0.2, 0.25) is 0 Å². The Kier molecular flexibility index (Phi) is 6.69. The Bertz CT molecular complexity index is 462. The minimum absolute atomic E-state index is 0.175. The Morgan fingerprint density at radius 3 is 2.62 bits per heavy atom. The molecule has 4 heteroatoms. The number of likely N-dealkylation sites (N-methyl/N-ethyl adjacent to an activating group) is 1. The second-order valence-corrected chi connectivity index (χ2v) is 5.61. The zero-order valence-corrected chi connectivity index (χ0v) is 13.9. The van der Waals surface area contributed by atoms with Crippen LogP contribution < -0.4 is 10.2 Å². The van der Waals surface area contributed by atoms with E-state index in [1.807, 2.05) is 27.0 Å². The normalized spacial score (nSPS) is 13.6. The largest absolute Gasteiger partial charge is 0.465 e. The van der Waals surface area contributed by atoms with Crippen LogP contribution in [-0.2, 0) is 9.53 Å². The summed E-state index contributed by atoms with van der Waals surface area (Å²) in [6, 6.07) is 8.33. The van der Waals surface area contributed by atoms with Crippen LogP contribution in [-0.4, -0.2) is 38.8 Å². The number of hydrogen-bond acceptors (Lipinski definition) is 4. The van der Waals surface area contributed by atoms with Crippen molar-refractivity contribution in [3.63, 3.8) is 0 Å². The van der Waals surface area contributed by atoms with Crippen LogP contribution in [0.25, 0.3) is 0 Å². The maximum atomic E-state index is 12.0. The molecule has 0 aromatic heterocycles. The van der Waals surface area contributed by atoms with Crippen LogP contribution in [0.4, 0.5) is 5.69 Å². The summed E-state index contributed by atoms with van der Waals surface area (Å²) in [6.07, 6.45) is 1.67. The smallest absolute Gasteiger partial charge is 0.326 e. The average molecular weight is 292 g/mol. The monoisotopic (exact) mass is 292 g/mol. The first-order valence-corrected chi connectivity index (χ1v) is 7.57. The van der Waals surface area contributed by atoms with Crippen molar-refractivity contribution in [2.75, 3.05) is 32.1 Å². The summed E-state index contributed by atoms with van der Waals surface area (Å²) < 4.78 is 5.14. The van der Waals surface area contributed by atoms with Gasteiger partial charge in [0.05, 0.1) is 6.61 Å².